The van der Waals surface area contributed by atoms with E-state index in [1.54, 1.807) is 0 Å². The monoisotopic (exact) mass is 126 g/mol. The van der Waals surface area contributed by atoms with Crippen LogP contribution < -0.4 is 0 Å². The Morgan fingerprint density at radius 3 is 1.80 bits per heavy atom. The van der Waals surface area contributed by atoms with Gasteiger partial charge in [-0.2, -0.15) is 0 Å². The Balaban J connectivity index is 0. The Hall–Kier alpha value is 0.544. The third-order valence-electron chi connectivity index (χ3n) is 0. The number of rotatable bonds is 0. The average molecular weight is 126 g/mol. The molecule has 0 N–H and O–H groups in total. The van der Waals surface area contributed by atoms with E-state index in [0.717, 1.165) is 20.4 Å². The van der Waals surface area contributed by atoms with Crippen LogP contribution in [0.5, 0.6) is 0 Å². The van der Waals surface area contributed by atoms with Crippen LogP contribution in [0.2, 0.25) is 0 Å². The molecule has 0 aliphatic heterocycles. The number of hydrogen-bond donors (Lipinski definition) is 0. The predicted octanol–water partition coefficient (Wildman–Crippen LogP) is 1.25. The van der Waals surface area contributed by atoms with Crippen LogP contribution in [0.15, 0.2) is 12.1 Å². The molecule has 0 atom stereocenters. The van der Waals surface area contributed by atoms with E-state index in [4.69, 9.17) is 14.9 Å². The van der Waals surface area contributed by atoms with Gasteiger partial charge >= 0.3 is 23.7 Å². The second-order valence-electron chi connectivity index (χ2n) is 0.154. The van der Waals surface area contributed by atoms with Crippen molar-refractivity contribution in [3.63, 3.8) is 0 Å². The molecule has 0 amide bonds. The van der Waals surface area contributed by atoms with Gasteiger partial charge in [-0.3, -0.25) is 0 Å². The zero-order chi connectivity index (χ0) is 4.71. The molecular weight excluding hydrogens is 123 g/mol. The van der Waals surface area contributed by atoms with Crippen LogP contribution in [-0.2, 0) is 23.7 Å². The molecule has 0 saturated carbocycles. The number of halogens is 1. The van der Waals surface area contributed by atoms with Crippen molar-refractivity contribution >= 4 is 11.6 Å². The van der Waals surface area contributed by atoms with Crippen LogP contribution in [0.4, 0.5) is 0 Å². The topological polar surface area (TPSA) is 17.1 Å². The van der Waals surface area contributed by atoms with Gasteiger partial charge in [-0.15, -0.1) is 0 Å². The molecule has 0 spiro atoms. The fraction of sp³-hybridized carbons (Fsp3) is 0. The van der Waals surface area contributed by atoms with Gasteiger partial charge in [0.25, 0.3) is 0 Å². The molecule has 0 bridgehead atoms. The molecule has 0 aliphatic carbocycles. The Bertz CT molecular complexity index is 23.6. The summed E-state index contributed by atoms with van der Waals surface area (Å²) < 4.78 is 8.25. The SMILES string of the molecule is C=CCl.[O]=[Ti]. The molecule has 0 fully saturated rings. The van der Waals surface area contributed by atoms with Gasteiger partial charge in [-0.05, 0) is 5.54 Å². The van der Waals surface area contributed by atoms with Gasteiger partial charge in [0.2, 0.25) is 0 Å². The molecule has 0 unspecified atom stereocenters. The van der Waals surface area contributed by atoms with Crippen molar-refractivity contribution in [2.24, 2.45) is 0 Å². The summed E-state index contributed by atoms with van der Waals surface area (Å²) in [6.07, 6.45) is 0. The molecule has 3 heteroatoms. The van der Waals surface area contributed by atoms with Crippen LogP contribution >= 0.6 is 11.6 Å². The zero-order valence-corrected chi connectivity index (χ0v) is 4.89. The minimum absolute atomic E-state index is 0.750. The molecule has 0 heterocycles. The Kier molecular flexibility index (Phi) is 43.6. The van der Waals surface area contributed by atoms with Gasteiger partial charge in [0.15, 0.2) is 0 Å². The summed E-state index contributed by atoms with van der Waals surface area (Å²) in [5.74, 6) is 0. The fourth-order valence-corrected chi connectivity index (χ4v) is 0. The Morgan fingerprint density at radius 1 is 1.80 bits per heavy atom. The summed E-state index contributed by atoms with van der Waals surface area (Å²) in [4.78, 5) is 0. The van der Waals surface area contributed by atoms with Gasteiger partial charge in [-0.25, -0.2) is 0 Å². The molecule has 0 rings (SSSR count). The van der Waals surface area contributed by atoms with E-state index in [2.05, 4.69) is 6.58 Å². The van der Waals surface area contributed by atoms with Crippen molar-refractivity contribution in [2.75, 3.05) is 0 Å². The first kappa shape index (κ1) is 9.11. The van der Waals surface area contributed by atoms with Crippen molar-refractivity contribution in [1.82, 2.24) is 0 Å². The average Bonchev–Trinajstić information content (AvgIpc) is 1.46. The molecular formula is C2H3ClOTi. The van der Waals surface area contributed by atoms with Crippen LogP contribution in [-0.4, -0.2) is 0 Å². The summed E-state index contributed by atoms with van der Waals surface area (Å²) in [5, 5.41) is 0. The van der Waals surface area contributed by atoms with Crippen LogP contribution in [0.1, 0.15) is 0 Å². The number of hydrogen-bond acceptors (Lipinski definition) is 1. The second-order valence-corrected chi connectivity index (χ2v) is 0.463. The first-order valence-corrected chi connectivity index (χ1v) is 1.90. The minimum atomic E-state index is 0.750. The summed E-state index contributed by atoms with van der Waals surface area (Å²) in [6, 6.07) is 0. The van der Waals surface area contributed by atoms with Gasteiger partial charge in [0.1, 0.15) is 0 Å². The van der Waals surface area contributed by atoms with Gasteiger partial charge in [0, 0.05) is 0 Å². The van der Waals surface area contributed by atoms with Gasteiger partial charge < -0.3 is 0 Å². The quantitative estimate of drug-likeness (QED) is 0.446. The van der Waals surface area contributed by atoms with Crippen molar-refractivity contribution in [1.29, 1.82) is 0 Å². The van der Waals surface area contributed by atoms with Crippen LogP contribution in [0, 0.1) is 0 Å². The van der Waals surface area contributed by atoms with E-state index in [1.807, 2.05) is 0 Å². The standard InChI is InChI=1S/C2H3Cl.O.Ti/c1-2-3;;/h2H,1H2;;. The Labute approximate surface area is 47.7 Å². The molecule has 5 heavy (non-hydrogen) atoms. The third kappa shape index (κ3) is 99.3. The van der Waals surface area contributed by atoms with Crippen molar-refractivity contribution < 1.29 is 23.7 Å². The summed E-state index contributed by atoms with van der Waals surface area (Å²) >= 11 is 5.51. The predicted molar refractivity (Wildman–Crippen MR) is 16.7 cm³/mol. The summed E-state index contributed by atoms with van der Waals surface area (Å²) in [7, 11) is 0. The van der Waals surface area contributed by atoms with Crippen molar-refractivity contribution in [3.8, 4) is 0 Å². The summed E-state index contributed by atoms with van der Waals surface area (Å²) in [5.41, 5.74) is 1.22. The van der Waals surface area contributed by atoms with E-state index < -0.39 is 0 Å². The van der Waals surface area contributed by atoms with Gasteiger partial charge in [-0.1, -0.05) is 18.2 Å². The van der Waals surface area contributed by atoms with E-state index in [-0.39, 0.29) is 0 Å². The second kappa shape index (κ2) is 23.9. The molecule has 0 aliphatic rings. The molecule has 0 aromatic carbocycles. The Morgan fingerprint density at radius 2 is 1.80 bits per heavy atom. The molecule has 0 radical (unpaired) electrons. The summed E-state index contributed by atoms with van der Waals surface area (Å²) in [6.45, 7) is 3.13. The van der Waals surface area contributed by atoms with Crippen LogP contribution in [0.3, 0.4) is 0 Å². The van der Waals surface area contributed by atoms with Crippen molar-refractivity contribution in [3.05, 3.63) is 12.1 Å². The van der Waals surface area contributed by atoms with Crippen LogP contribution in [0.25, 0.3) is 0 Å². The third-order valence-corrected chi connectivity index (χ3v) is 0. The molecule has 0 aromatic rings. The molecule has 0 aromatic heterocycles. The maximum atomic E-state index is 8.25. The first-order chi connectivity index (χ1) is 2.41. The molecule has 0 saturated heterocycles. The maximum absolute atomic E-state index is 8.25. The zero-order valence-electron chi connectivity index (χ0n) is 2.57. The van der Waals surface area contributed by atoms with E-state index in [9.17, 15) is 0 Å². The molecule has 1 nitrogen and oxygen atoms in total. The molecule has 28 valence electrons. The van der Waals surface area contributed by atoms with E-state index in [1.165, 1.54) is 5.54 Å². The van der Waals surface area contributed by atoms with E-state index in [0.29, 0.717) is 0 Å². The normalized spacial score (nSPS) is 3.20. The van der Waals surface area contributed by atoms with Gasteiger partial charge in [0.05, 0.1) is 0 Å². The van der Waals surface area contributed by atoms with E-state index >= 15 is 0 Å². The fourth-order valence-electron chi connectivity index (χ4n) is 0. The first-order valence-electron chi connectivity index (χ1n) is 0.831. The van der Waals surface area contributed by atoms with Crippen molar-refractivity contribution in [2.45, 2.75) is 0 Å².